The van der Waals surface area contributed by atoms with Crippen LogP contribution in [-0.4, -0.2) is 70.0 Å². The smallest absolute Gasteiger partial charge is 0.270 e. The van der Waals surface area contributed by atoms with Gasteiger partial charge in [0, 0.05) is 67.4 Å². The SMILES string of the molecule is COc1ccncc1-c1cc(Nc2cc3c(c(C4CC4)n2)c(C)c(C(=O)N2CCOCC2)n3C)c(C=N)c(C)n1. The van der Waals surface area contributed by atoms with Crippen LogP contribution in [0.4, 0.5) is 11.5 Å². The van der Waals surface area contributed by atoms with Crippen LogP contribution in [-0.2, 0) is 11.8 Å². The maximum atomic E-state index is 13.6. The highest BCUT2D eigenvalue weighted by atomic mass is 16.5. The van der Waals surface area contributed by atoms with Crippen molar-refractivity contribution in [1.82, 2.24) is 24.4 Å². The average Bonchev–Trinajstić information content (AvgIpc) is 3.79. The van der Waals surface area contributed by atoms with E-state index in [9.17, 15) is 4.79 Å². The number of morpholine rings is 1. The Morgan fingerprint density at radius 3 is 2.67 bits per heavy atom. The Morgan fingerprint density at radius 1 is 1.20 bits per heavy atom. The highest BCUT2D eigenvalue weighted by Crippen LogP contribution is 2.45. The standard InChI is InChI=1S/C30H33N7O3/c1-17-27-24(36(3)29(17)30(38)37-9-11-40-12-10-37)14-26(35-28(27)19-5-6-19)34-22-13-23(33-18(2)20(22)15-31)21-16-32-8-7-25(21)39-4/h7-8,13-16,19,31H,5-6,9-12H2,1-4H3,(H,33,34,35). The molecule has 2 N–H and O–H groups in total. The molecule has 4 aromatic rings. The number of hydrogen-bond donors (Lipinski definition) is 2. The fourth-order valence-electron chi connectivity index (χ4n) is 5.62. The van der Waals surface area contributed by atoms with Crippen LogP contribution in [0.3, 0.4) is 0 Å². The zero-order valence-corrected chi connectivity index (χ0v) is 23.2. The Labute approximate surface area is 232 Å². The summed E-state index contributed by atoms with van der Waals surface area (Å²) in [6, 6.07) is 5.70. The number of hydrogen-bond acceptors (Lipinski definition) is 8. The summed E-state index contributed by atoms with van der Waals surface area (Å²) in [7, 11) is 3.57. The van der Waals surface area contributed by atoms with Crippen LogP contribution in [0.2, 0.25) is 0 Å². The minimum Gasteiger partial charge on any atom is -0.496 e. The first kappa shape index (κ1) is 25.9. The number of rotatable bonds is 7. The molecular formula is C30H33N7O3. The second-order valence-electron chi connectivity index (χ2n) is 10.4. The van der Waals surface area contributed by atoms with E-state index in [-0.39, 0.29) is 5.91 Å². The lowest BCUT2D eigenvalue weighted by Crippen LogP contribution is -2.41. The van der Waals surface area contributed by atoms with Crippen molar-refractivity contribution in [2.75, 3.05) is 38.7 Å². The van der Waals surface area contributed by atoms with Gasteiger partial charge in [-0.3, -0.25) is 14.8 Å². The van der Waals surface area contributed by atoms with Gasteiger partial charge < -0.3 is 29.7 Å². The molecule has 206 valence electrons. The van der Waals surface area contributed by atoms with Gasteiger partial charge in [0.25, 0.3) is 5.91 Å². The molecule has 40 heavy (non-hydrogen) atoms. The van der Waals surface area contributed by atoms with E-state index >= 15 is 0 Å². The summed E-state index contributed by atoms with van der Waals surface area (Å²) < 4.78 is 13.0. The minimum atomic E-state index is 0.0293. The minimum absolute atomic E-state index is 0.0293. The van der Waals surface area contributed by atoms with E-state index in [1.807, 2.05) is 42.5 Å². The van der Waals surface area contributed by atoms with Crippen molar-refractivity contribution in [3.63, 3.8) is 0 Å². The fraction of sp³-hybridized carbons (Fsp3) is 0.367. The van der Waals surface area contributed by atoms with Crippen LogP contribution in [0.15, 0.2) is 30.6 Å². The third kappa shape index (κ3) is 4.48. The first-order valence-corrected chi connectivity index (χ1v) is 13.6. The van der Waals surface area contributed by atoms with Crippen molar-refractivity contribution in [3.05, 3.63) is 58.8 Å². The molecule has 0 atom stereocenters. The van der Waals surface area contributed by atoms with Gasteiger partial charge in [-0.1, -0.05) is 0 Å². The molecular weight excluding hydrogens is 506 g/mol. The van der Waals surface area contributed by atoms with E-state index in [4.69, 9.17) is 24.9 Å². The lowest BCUT2D eigenvalue weighted by Gasteiger charge is -2.27. The van der Waals surface area contributed by atoms with Crippen LogP contribution in [0, 0.1) is 19.3 Å². The number of fused-ring (bicyclic) bond motifs is 1. The second kappa shape index (κ2) is 10.3. The number of ether oxygens (including phenoxy) is 2. The van der Waals surface area contributed by atoms with E-state index < -0.39 is 0 Å². The van der Waals surface area contributed by atoms with Crippen LogP contribution in [0.5, 0.6) is 5.75 Å². The average molecular weight is 540 g/mol. The van der Waals surface area contributed by atoms with E-state index in [2.05, 4.69) is 10.3 Å². The molecule has 1 saturated carbocycles. The lowest BCUT2D eigenvalue weighted by molar-refractivity contribution is 0.0296. The Kier molecular flexibility index (Phi) is 6.71. The second-order valence-corrected chi connectivity index (χ2v) is 10.4. The van der Waals surface area contributed by atoms with Crippen LogP contribution in [0.1, 0.15) is 51.8 Å². The van der Waals surface area contributed by atoms with Crippen molar-refractivity contribution in [1.29, 1.82) is 5.41 Å². The van der Waals surface area contributed by atoms with Crippen molar-refractivity contribution in [2.24, 2.45) is 7.05 Å². The molecule has 0 unspecified atom stereocenters. The summed E-state index contributed by atoms with van der Waals surface area (Å²) in [5.41, 5.74) is 7.20. The Bertz CT molecular complexity index is 1630. The largest absolute Gasteiger partial charge is 0.496 e. The van der Waals surface area contributed by atoms with Gasteiger partial charge in [0.1, 0.15) is 17.3 Å². The van der Waals surface area contributed by atoms with Gasteiger partial charge in [0.05, 0.1) is 48.5 Å². The van der Waals surface area contributed by atoms with Gasteiger partial charge in [-0.2, -0.15) is 0 Å². The summed E-state index contributed by atoms with van der Waals surface area (Å²) in [5.74, 6) is 1.73. The summed E-state index contributed by atoms with van der Waals surface area (Å²) in [4.78, 5) is 29.5. The molecule has 1 aliphatic carbocycles. The molecule has 5 heterocycles. The molecule has 0 radical (unpaired) electrons. The first-order valence-electron chi connectivity index (χ1n) is 13.6. The Morgan fingerprint density at radius 2 is 1.98 bits per heavy atom. The van der Waals surface area contributed by atoms with Crippen molar-refractivity contribution < 1.29 is 14.3 Å². The highest BCUT2D eigenvalue weighted by Gasteiger charge is 2.32. The van der Waals surface area contributed by atoms with Crippen molar-refractivity contribution in [2.45, 2.75) is 32.6 Å². The predicted molar refractivity (Wildman–Crippen MR) is 154 cm³/mol. The van der Waals surface area contributed by atoms with Gasteiger partial charge in [0.15, 0.2) is 0 Å². The number of carbonyl (C=O) groups is 1. The fourth-order valence-corrected chi connectivity index (χ4v) is 5.62. The molecule has 0 spiro atoms. The van der Waals surface area contributed by atoms with E-state index in [1.54, 1.807) is 25.6 Å². The number of aryl methyl sites for hydroxylation is 3. The quantitative estimate of drug-likeness (QED) is 0.326. The predicted octanol–water partition coefficient (Wildman–Crippen LogP) is 4.75. The van der Waals surface area contributed by atoms with Gasteiger partial charge in [-0.25, -0.2) is 4.98 Å². The van der Waals surface area contributed by atoms with Gasteiger partial charge >= 0.3 is 0 Å². The molecule has 2 aliphatic rings. The number of pyridine rings is 3. The van der Waals surface area contributed by atoms with E-state index in [0.29, 0.717) is 72.1 Å². The molecule has 1 saturated heterocycles. The maximum absolute atomic E-state index is 13.6. The third-order valence-corrected chi connectivity index (χ3v) is 7.85. The number of carbonyl (C=O) groups excluding carboxylic acids is 1. The molecule has 1 aliphatic heterocycles. The summed E-state index contributed by atoms with van der Waals surface area (Å²) in [6.45, 7) is 6.23. The highest BCUT2D eigenvalue weighted by molar-refractivity contribution is 6.03. The van der Waals surface area contributed by atoms with Gasteiger partial charge in [-0.15, -0.1) is 0 Å². The van der Waals surface area contributed by atoms with E-state index in [0.717, 1.165) is 40.6 Å². The lowest BCUT2D eigenvalue weighted by atomic mass is 10.1. The zero-order valence-electron chi connectivity index (χ0n) is 23.2. The number of nitrogens with one attached hydrogen (secondary N) is 2. The van der Waals surface area contributed by atoms with Crippen molar-refractivity contribution >= 4 is 34.5 Å². The molecule has 1 amide bonds. The van der Waals surface area contributed by atoms with E-state index in [1.165, 1.54) is 6.21 Å². The molecule has 0 bridgehead atoms. The number of amides is 1. The molecule has 0 aromatic carbocycles. The van der Waals surface area contributed by atoms with Crippen LogP contribution in [0.25, 0.3) is 22.2 Å². The monoisotopic (exact) mass is 539 g/mol. The zero-order chi connectivity index (χ0) is 28.0. The van der Waals surface area contributed by atoms with Gasteiger partial charge in [-0.05, 0) is 44.4 Å². The number of anilines is 2. The van der Waals surface area contributed by atoms with Gasteiger partial charge in [0.2, 0.25) is 0 Å². The van der Waals surface area contributed by atoms with Crippen molar-refractivity contribution in [3.8, 4) is 17.0 Å². The topological polar surface area (TPSA) is 118 Å². The third-order valence-electron chi connectivity index (χ3n) is 7.85. The molecule has 4 aromatic heterocycles. The summed E-state index contributed by atoms with van der Waals surface area (Å²) in [5, 5.41) is 12.6. The molecule has 10 nitrogen and oxygen atoms in total. The Hall–Kier alpha value is -4.31. The number of methoxy groups -OCH3 is 1. The molecule has 2 fully saturated rings. The number of aromatic nitrogens is 4. The molecule has 10 heteroatoms. The summed E-state index contributed by atoms with van der Waals surface area (Å²) in [6.07, 6.45) is 6.87. The van der Waals surface area contributed by atoms with Crippen LogP contribution < -0.4 is 10.1 Å². The molecule has 6 rings (SSSR count). The van der Waals surface area contributed by atoms with Crippen LogP contribution >= 0.6 is 0 Å². The maximum Gasteiger partial charge on any atom is 0.270 e. The summed E-state index contributed by atoms with van der Waals surface area (Å²) >= 11 is 0. The Balaban J connectivity index is 1.46. The number of nitrogens with zero attached hydrogens (tertiary/aromatic N) is 5. The first-order chi connectivity index (χ1) is 19.4. The normalized spacial score (nSPS) is 15.3.